The van der Waals surface area contributed by atoms with Gasteiger partial charge in [0.2, 0.25) is 0 Å². The zero-order chi connectivity index (χ0) is 11.9. The topological polar surface area (TPSA) is 28.2 Å². The molecule has 3 heteroatoms. The molecule has 1 aliphatic rings. The Kier molecular flexibility index (Phi) is 4.95. The maximum atomic E-state index is 4.44. The van der Waals surface area contributed by atoms with E-state index < -0.39 is 0 Å². The van der Waals surface area contributed by atoms with Gasteiger partial charge in [0, 0.05) is 18.8 Å². The van der Waals surface area contributed by atoms with Gasteiger partial charge in [0.15, 0.2) is 0 Å². The summed E-state index contributed by atoms with van der Waals surface area (Å²) in [6.45, 7) is 6.76. The standard InChI is InChI=1S/C14H23N3/c1-2-11-17(14-6-9-15-10-7-14)12-13-5-3-4-8-16-13/h3-5,8,14-15H,2,6-7,9-12H2,1H3. The summed E-state index contributed by atoms with van der Waals surface area (Å²) in [6, 6.07) is 6.93. The van der Waals surface area contributed by atoms with Gasteiger partial charge in [-0.1, -0.05) is 13.0 Å². The molecule has 0 unspecified atom stereocenters. The molecular weight excluding hydrogens is 210 g/mol. The third-order valence-corrected chi connectivity index (χ3v) is 3.43. The highest BCUT2D eigenvalue weighted by Gasteiger charge is 2.20. The minimum absolute atomic E-state index is 0.734. The molecule has 1 aromatic rings. The Morgan fingerprint density at radius 2 is 2.18 bits per heavy atom. The summed E-state index contributed by atoms with van der Waals surface area (Å²) in [4.78, 5) is 7.04. The lowest BCUT2D eigenvalue weighted by Crippen LogP contribution is -2.43. The van der Waals surface area contributed by atoms with Crippen LogP contribution in [0.25, 0.3) is 0 Å². The molecule has 1 aromatic heterocycles. The lowest BCUT2D eigenvalue weighted by molar-refractivity contribution is 0.152. The first-order valence-corrected chi connectivity index (χ1v) is 6.75. The summed E-state index contributed by atoms with van der Waals surface area (Å²) >= 11 is 0. The number of hydrogen-bond donors (Lipinski definition) is 1. The van der Waals surface area contributed by atoms with Crippen molar-refractivity contribution in [2.75, 3.05) is 19.6 Å². The van der Waals surface area contributed by atoms with E-state index in [0.717, 1.165) is 25.7 Å². The highest BCUT2D eigenvalue weighted by molar-refractivity contribution is 5.03. The number of piperidine rings is 1. The van der Waals surface area contributed by atoms with Crippen molar-refractivity contribution in [2.45, 2.75) is 38.8 Å². The van der Waals surface area contributed by atoms with Crippen LogP contribution in [0.5, 0.6) is 0 Å². The number of aromatic nitrogens is 1. The molecule has 1 saturated heterocycles. The van der Waals surface area contributed by atoms with E-state index in [2.05, 4.69) is 34.3 Å². The van der Waals surface area contributed by atoms with E-state index in [1.807, 2.05) is 12.3 Å². The van der Waals surface area contributed by atoms with Crippen molar-refractivity contribution in [3.63, 3.8) is 0 Å². The van der Waals surface area contributed by atoms with Crippen LogP contribution in [0.15, 0.2) is 24.4 Å². The van der Waals surface area contributed by atoms with E-state index in [1.165, 1.54) is 31.5 Å². The molecule has 0 radical (unpaired) electrons. The quantitative estimate of drug-likeness (QED) is 0.843. The van der Waals surface area contributed by atoms with Crippen molar-refractivity contribution in [3.8, 4) is 0 Å². The predicted molar refractivity (Wildman–Crippen MR) is 70.8 cm³/mol. The molecule has 0 aromatic carbocycles. The summed E-state index contributed by atoms with van der Waals surface area (Å²) in [5.74, 6) is 0. The molecule has 3 nitrogen and oxygen atoms in total. The second kappa shape index (κ2) is 6.72. The fraction of sp³-hybridized carbons (Fsp3) is 0.643. The molecule has 0 amide bonds. The maximum Gasteiger partial charge on any atom is 0.0544 e. The monoisotopic (exact) mass is 233 g/mol. The highest BCUT2D eigenvalue weighted by Crippen LogP contribution is 2.15. The molecule has 94 valence electrons. The number of nitrogens with one attached hydrogen (secondary N) is 1. The van der Waals surface area contributed by atoms with E-state index >= 15 is 0 Å². The van der Waals surface area contributed by atoms with Crippen LogP contribution in [0.2, 0.25) is 0 Å². The zero-order valence-corrected chi connectivity index (χ0v) is 10.7. The van der Waals surface area contributed by atoms with Crippen LogP contribution in [0, 0.1) is 0 Å². The van der Waals surface area contributed by atoms with Crippen LogP contribution in [0.4, 0.5) is 0 Å². The van der Waals surface area contributed by atoms with Gasteiger partial charge in [-0.25, -0.2) is 0 Å². The van der Waals surface area contributed by atoms with E-state index in [1.54, 1.807) is 0 Å². The smallest absolute Gasteiger partial charge is 0.0544 e. The average molecular weight is 233 g/mol. The third kappa shape index (κ3) is 3.79. The number of pyridine rings is 1. The minimum atomic E-state index is 0.734. The van der Waals surface area contributed by atoms with Crippen molar-refractivity contribution in [3.05, 3.63) is 30.1 Å². The number of nitrogens with zero attached hydrogens (tertiary/aromatic N) is 2. The number of rotatable bonds is 5. The van der Waals surface area contributed by atoms with Crippen LogP contribution in [-0.2, 0) is 6.54 Å². The van der Waals surface area contributed by atoms with Gasteiger partial charge in [-0.05, 0) is 51.0 Å². The molecule has 2 heterocycles. The van der Waals surface area contributed by atoms with Gasteiger partial charge in [0.05, 0.1) is 5.69 Å². The highest BCUT2D eigenvalue weighted by atomic mass is 15.2. The van der Waals surface area contributed by atoms with Gasteiger partial charge >= 0.3 is 0 Å². The largest absolute Gasteiger partial charge is 0.317 e. The van der Waals surface area contributed by atoms with E-state index in [0.29, 0.717) is 0 Å². The third-order valence-electron chi connectivity index (χ3n) is 3.43. The fourth-order valence-corrected chi connectivity index (χ4v) is 2.55. The summed E-state index contributed by atoms with van der Waals surface area (Å²) in [5, 5.41) is 3.43. The van der Waals surface area contributed by atoms with Gasteiger partial charge in [-0.15, -0.1) is 0 Å². The summed E-state index contributed by atoms with van der Waals surface area (Å²) in [7, 11) is 0. The zero-order valence-electron chi connectivity index (χ0n) is 10.7. The fourth-order valence-electron chi connectivity index (χ4n) is 2.55. The second-order valence-corrected chi connectivity index (χ2v) is 4.77. The van der Waals surface area contributed by atoms with Crippen LogP contribution < -0.4 is 5.32 Å². The first kappa shape index (κ1) is 12.5. The molecule has 17 heavy (non-hydrogen) atoms. The molecular formula is C14H23N3. The van der Waals surface area contributed by atoms with Crippen molar-refractivity contribution in [2.24, 2.45) is 0 Å². The molecule has 1 N–H and O–H groups in total. The van der Waals surface area contributed by atoms with E-state index in [-0.39, 0.29) is 0 Å². The van der Waals surface area contributed by atoms with Crippen molar-refractivity contribution in [1.29, 1.82) is 0 Å². The van der Waals surface area contributed by atoms with Crippen LogP contribution >= 0.6 is 0 Å². The first-order valence-electron chi connectivity index (χ1n) is 6.75. The van der Waals surface area contributed by atoms with Crippen molar-refractivity contribution in [1.82, 2.24) is 15.2 Å². The van der Waals surface area contributed by atoms with Gasteiger partial charge in [-0.2, -0.15) is 0 Å². The summed E-state index contributed by atoms with van der Waals surface area (Å²) in [6.07, 6.45) is 5.65. The average Bonchev–Trinajstić information content (AvgIpc) is 2.40. The van der Waals surface area contributed by atoms with Gasteiger partial charge in [0.1, 0.15) is 0 Å². The molecule has 1 fully saturated rings. The molecule has 0 atom stereocenters. The molecule has 2 rings (SSSR count). The van der Waals surface area contributed by atoms with Gasteiger partial charge in [-0.3, -0.25) is 9.88 Å². The van der Waals surface area contributed by atoms with E-state index in [4.69, 9.17) is 0 Å². The van der Waals surface area contributed by atoms with Gasteiger partial charge in [0.25, 0.3) is 0 Å². The Morgan fingerprint density at radius 3 is 2.82 bits per heavy atom. The van der Waals surface area contributed by atoms with Gasteiger partial charge < -0.3 is 5.32 Å². The second-order valence-electron chi connectivity index (χ2n) is 4.77. The van der Waals surface area contributed by atoms with Crippen LogP contribution in [0.1, 0.15) is 31.9 Å². The minimum Gasteiger partial charge on any atom is -0.317 e. The Labute approximate surface area is 104 Å². The van der Waals surface area contributed by atoms with Crippen LogP contribution in [0.3, 0.4) is 0 Å². The lowest BCUT2D eigenvalue weighted by Gasteiger charge is -2.34. The van der Waals surface area contributed by atoms with E-state index in [9.17, 15) is 0 Å². The molecule has 0 spiro atoms. The summed E-state index contributed by atoms with van der Waals surface area (Å²) < 4.78 is 0. The molecule has 0 aliphatic carbocycles. The Balaban J connectivity index is 1.96. The molecule has 1 aliphatic heterocycles. The normalized spacial score (nSPS) is 17.5. The summed E-state index contributed by atoms with van der Waals surface area (Å²) in [5.41, 5.74) is 1.19. The molecule has 0 bridgehead atoms. The Bertz CT molecular complexity index is 307. The molecule has 0 saturated carbocycles. The van der Waals surface area contributed by atoms with Crippen molar-refractivity contribution < 1.29 is 0 Å². The Hall–Kier alpha value is -0.930. The number of hydrogen-bond acceptors (Lipinski definition) is 3. The Morgan fingerprint density at radius 1 is 1.35 bits per heavy atom. The first-order chi connectivity index (χ1) is 8.40. The maximum absolute atomic E-state index is 4.44. The predicted octanol–water partition coefficient (Wildman–Crippen LogP) is 2.05. The lowest BCUT2D eigenvalue weighted by atomic mass is 10.0. The van der Waals surface area contributed by atoms with Crippen LogP contribution in [-0.4, -0.2) is 35.6 Å². The SMILES string of the molecule is CCCN(Cc1ccccn1)C1CCNCC1. The van der Waals surface area contributed by atoms with Crippen molar-refractivity contribution >= 4 is 0 Å².